The van der Waals surface area contributed by atoms with Gasteiger partial charge in [-0.15, -0.1) is 11.3 Å². The summed E-state index contributed by atoms with van der Waals surface area (Å²) in [5.41, 5.74) is 3.56. The highest BCUT2D eigenvalue weighted by Crippen LogP contribution is 2.33. The van der Waals surface area contributed by atoms with Crippen LogP contribution in [-0.4, -0.2) is 27.8 Å². The van der Waals surface area contributed by atoms with E-state index in [1.165, 1.54) is 36.7 Å². The number of nitro benzene ring substituents is 1. The van der Waals surface area contributed by atoms with Gasteiger partial charge in [-0.05, 0) is 49.9 Å². The van der Waals surface area contributed by atoms with Crippen LogP contribution in [-0.2, 0) is 4.79 Å². The number of hydrogen-bond donors (Lipinski definition) is 1. The highest BCUT2D eigenvalue weighted by molar-refractivity contribution is 7.07. The van der Waals surface area contributed by atoms with Crippen LogP contribution in [0.3, 0.4) is 0 Å². The van der Waals surface area contributed by atoms with E-state index >= 15 is 0 Å². The van der Waals surface area contributed by atoms with Gasteiger partial charge in [0.1, 0.15) is 11.4 Å². The molecule has 1 amide bonds. The summed E-state index contributed by atoms with van der Waals surface area (Å²) in [5.74, 6) is 0.418. The van der Waals surface area contributed by atoms with Crippen LogP contribution >= 0.6 is 11.3 Å². The van der Waals surface area contributed by atoms with Gasteiger partial charge in [-0.2, -0.15) is 5.10 Å². The number of nitrogens with one attached hydrogen (secondary N) is 1. The standard InChI is InChI=1S/C25H25N5O4S/c31-24-15-34-23-13-12-17(14-20(23)26-24)22-16-35-25(27-19-10-6-7-11-21(19)30(32)33)29(22)28-18-8-4-2-1-3-5-9-18/h6-7,10-14,16H,1-5,8-9,15H2,(H,26,31). The number of fused-ring (bicyclic) bond motifs is 1. The van der Waals surface area contributed by atoms with E-state index in [1.54, 1.807) is 22.9 Å². The Labute approximate surface area is 205 Å². The van der Waals surface area contributed by atoms with Crippen LogP contribution in [0, 0.1) is 10.1 Å². The average Bonchev–Trinajstić information content (AvgIpc) is 3.22. The highest BCUT2D eigenvalue weighted by Gasteiger charge is 2.19. The third-order valence-electron chi connectivity index (χ3n) is 6.06. The molecule has 2 heterocycles. The monoisotopic (exact) mass is 491 g/mol. The Hall–Kier alpha value is -3.79. The summed E-state index contributed by atoms with van der Waals surface area (Å²) in [6.45, 7) is -0.00264. The predicted molar refractivity (Wildman–Crippen MR) is 135 cm³/mol. The van der Waals surface area contributed by atoms with Gasteiger partial charge >= 0.3 is 0 Å². The van der Waals surface area contributed by atoms with Crippen LogP contribution in [0.25, 0.3) is 11.3 Å². The molecule has 0 bridgehead atoms. The fourth-order valence-electron chi connectivity index (χ4n) is 4.29. The topological polar surface area (TPSA) is 111 Å². The second-order valence-corrected chi connectivity index (χ2v) is 9.39. The van der Waals surface area contributed by atoms with Crippen LogP contribution < -0.4 is 14.9 Å². The van der Waals surface area contributed by atoms with Crippen molar-refractivity contribution in [2.75, 3.05) is 11.9 Å². The van der Waals surface area contributed by atoms with Gasteiger partial charge < -0.3 is 10.1 Å². The van der Waals surface area contributed by atoms with Crippen molar-refractivity contribution in [1.29, 1.82) is 0 Å². The number of ether oxygens (including phenoxy) is 1. The second kappa shape index (κ2) is 10.2. The summed E-state index contributed by atoms with van der Waals surface area (Å²) >= 11 is 1.37. The number of benzene rings is 2. The van der Waals surface area contributed by atoms with Crippen molar-refractivity contribution < 1.29 is 14.5 Å². The van der Waals surface area contributed by atoms with E-state index in [1.807, 2.05) is 23.6 Å². The Morgan fingerprint density at radius 3 is 2.63 bits per heavy atom. The lowest BCUT2D eigenvalue weighted by Gasteiger charge is -2.18. The number of aromatic nitrogens is 1. The zero-order chi connectivity index (χ0) is 24.2. The van der Waals surface area contributed by atoms with Crippen LogP contribution in [0.1, 0.15) is 44.9 Å². The molecule has 2 aromatic carbocycles. The van der Waals surface area contributed by atoms with E-state index in [4.69, 9.17) is 9.84 Å². The first kappa shape index (κ1) is 23.0. The van der Waals surface area contributed by atoms with E-state index in [0.29, 0.717) is 16.2 Å². The Balaban J connectivity index is 1.65. The van der Waals surface area contributed by atoms with Gasteiger partial charge in [-0.25, -0.2) is 9.67 Å². The number of amides is 1. The lowest BCUT2D eigenvalue weighted by atomic mass is 9.99. The molecule has 0 radical (unpaired) electrons. The molecular formula is C25H25N5O4S. The SMILES string of the molecule is O=C1COc2ccc(-c3csc(=Nc4ccccc4[N+](=O)[O-])n3N=C3CCCCCCC3)cc2N1. The molecule has 5 rings (SSSR count). The molecule has 1 aliphatic heterocycles. The smallest absolute Gasteiger partial charge is 0.294 e. The van der Waals surface area contributed by atoms with Crippen molar-refractivity contribution >= 4 is 40.0 Å². The number of para-hydroxylation sites is 2. The molecular weight excluding hydrogens is 466 g/mol. The summed E-state index contributed by atoms with van der Waals surface area (Å²) in [6.07, 6.45) is 7.67. The molecule has 1 aromatic heterocycles. The molecule has 0 spiro atoms. The van der Waals surface area contributed by atoms with Crippen LogP contribution in [0.2, 0.25) is 0 Å². The Morgan fingerprint density at radius 1 is 1.06 bits per heavy atom. The number of nitro groups is 1. The van der Waals surface area contributed by atoms with E-state index in [-0.39, 0.29) is 23.9 Å². The normalized spacial score (nSPS) is 16.5. The molecule has 1 saturated carbocycles. The molecule has 1 aliphatic carbocycles. The Morgan fingerprint density at radius 2 is 1.83 bits per heavy atom. The summed E-state index contributed by atoms with van der Waals surface area (Å²) in [5, 5.41) is 21.3. The zero-order valence-corrected chi connectivity index (χ0v) is 19.9. The number of thiazole rings is 1. The van der Waals surface area contributed by atoms with E-state index in [2.05, 4.69) is 10.3 Å². The van der Waals surface area contributed by atoms with Gasteiger partial charge in [0.2, 0.25) is 4.80 Å². The molecule has 3 aromatic rings. The van der Waals surface area contributed by atoms with Crippen LogP contribution in [0.4, 0.5) is 17.1 Å². The molecule has 2 aliphatic rings. The van der Waals surface area contributed by atoms with Gasteiger partial charge in [0.25, 0.3) is 11.6 Å². The number of anilines is 1. The fourth-order valence-corrected chi connectivity index (χ4v) is 5.13. The lowest BCUT2D eigenvalue weighted by molar-refractivity contribution is -0.384. The van der Waals surface area contributed by atoms with Gasteiger partial charge in [0, 0.05) is 22.7 Å². The average molecular weight is 492 g/mol. The van der Waals surface area contributed by atoms with Gasteiger partial charge in [0.15, 0.2) is 6.61 Å². The van der Waals surface area contributed by atoms with Gasteiger partial charge in [-0.3, -0.25) is 14.9 Å². The molecule has 35 heavy (non-hydrogen) atoms. The van der Waals surface area contributed by atoms with E-state index in [9.17, 15) is 14.9 Å². The molecule has 0 saturated heterocycles. The predicted octanol–water partition coefficient (Wildman–Crippen LogP) is 5.64. The van der Waals surface area contributed by atoms with Crippen molar-refractivity contribution in [1.82, 2.24) is 4.68 Å². The molecule has 9 nitrogen and oxygen atoms in total. The quantitative estimate of drug-likeness (QED) is 0.376. The maximum atomic E-state index is 11.8. The van der Waals surface area contributed by atoms with Crippen molar-refractivity contribution in [3.8, 4) is 17.0 Å². The zero-order valence-electron chi connectivity index (χ0n) is 19.1. The molecule has 1 fully saturated rings. The summed E-state index contributed by atoms with van der Waals surface area (Å²) < 4.78 is 7.28. The van der Waals surface area contributed by atoms with Crippen LogP contribution in [0.15, 0.2) is 57.9 Å². The first-order valence-corrected chi connectivity index (χ1v) is 12.6. The minimum absolute atomic E-state index is 0.00264. The minimum atomic E-state index is -0.426. The number of rotatable bonds is 4. The fraction of sp³-hybridized carbons (Fsp3) is 0.320. The largest absolute Gasteiger partial charge is 0.482 e. The van der Waals surface area contributed by atoms with Crippen molar-refractivity contribution in [2.45, 2.75) is 44.9 Å². The molecule has 180 valence electrons. The van der Waals surface area contributed by atoms with E-state index < -0.39 is 4.92 Å². The molecule has 1 N–H and O–H groups in total. The van der Waals surface area contributed by atoms with E-state index in [0.717, 1.165) is 42.7 Å². The minimum Gasteiger partial charge on any atom is -0.482 e. The number of carbonyl (C=O) groups is 1. The maximum Gasteiger partial charge on any atom is 0.294 e. The maximum absolute atomic E-state index is 11.8. The first-order chi connectivity index (χ1) is 17.1. The lowest BCUT2D eigenvalue weighted by Crippen LogP contribution is -2.25. The summed E-state index contributed by atoms with van der Waals surface area (Å²) in [7, 11) is 0. The number of nitrogens with zero attached hydrogens (tertiary/aromatic N) is 4. The second-order valence-electron chi connectivity index (χ2n) is 8.55. The third-order valence-corrected chi connectivity index (χ3v) is 6.88. The van der Waals surface area contributed by atoms with Gasteiger partial charge in [-0.1, -0.05) is 31.4 Å². The molecule has 0 atom stereocenters. The summed E-state index contributed by atoms with van der Waals surface area (Å²) in [4.78, 5) is 28.1. The molecule has 10 heteroatoms. The van der Waals surface area contributed by atoms with Gasteiger partial charge in [0.05, 0.1) is 16.3 Å². The van der Waals surface area contributed by atoms with Crippen molar-refractivity contribution in [3.63, 3.8) is 0 Å². The summed E-state index contributed by atoms with van der Waals surface area (Å²) in [6, 6.07) is 12.1. The Kier molecular flexibility index (Phi) is 6.71. The molecule has 0 unspecified atom stereocenters. The number of hydrogen-bond acceptors (Lipinski definition) is 7. The first-order valence-electron chi connectivity index (χ1n) is 11.7. The third kappa shape index (κ3) is 5.17. The highest BCUT2D eigenvalue weighted by atomic mass is 32.1. The number of carbonyl (C=O) groups excluding carboxylic acids is 1. The van der Waals surface area contributed by atoms with Crippen LogP contribution in [0.5, 0.6) is 5.75 Å². The van der Waals surface area contributed by atoms with Crippen molar-refractivity contribution in [3.05, 3.63) is 62.8 Å². The Bertz CT molecular complexity index is 1360. The van der Waals surface area contributed by atoms with Crippen molar-refractivity contribution in [2.24, 2.45) is 10.1 Å².